The summed E-state index contributed by atoms with van der Waals surface area (Å²) in [7, 11) is 0. The molecule has 0 aromatic heterocycles. The average Bonchev–Trinajstić information content (AvgIpc) is 2.29. The molecule has 0 saturated carbocycles. The quantitative estimate of drug-likeness (QED) is 0.694. The van der Waals surface area contributed by atoms with Crippen LogP contribution in [0, 0.1) is 6.92 Å². The molecule has 1 aromatic rings. The predicted molar refractivity (Wildman–Crippen MR) is 70.5 cm³/mol. The molecule has 1 rings (SSSR count). The first-order valence-electron chi connectivity index (χ1n) is 6.14. The maximum atomic E-state index is 3.45. The van der Waals surface area contributed by atoms with Crippen LogP contribution in [0.2, 0.25) is 0 Å². The van der Waals surface area contributed by atoms with Crippen LogP contribution in [0.1, 0.15) is 45.6 Å². The molecule has 0 aliphatic rings. The summed E-state index contributed by atoms with van der Waals surface area (Å²) in [4.78, 5) is 0. The van der Waals surface area contributed by atoms with Gasteiger partial charge in [-0.1, -0.05) is 51.8 Å². The first kappa shape index (κ1) is 14.0. The van der Waals surface area contributed by atoms with E-state index < -0.39 is 0 Å². The first-order chi connectivity index (χ1) is 7.34. The second kappa shape index (κ2) is 9.57. The van der Waals surface area contributed by atoms with Gasteiger partial charge in [-0.05, 0) is 25.0 Å². The lowest BCUT2D eigenvalue weighted by molar-refractivity contribution is 0.743. The summed E-state index contributed by atoms with van der Waals surface area (Å²) in [6.45, 7) is 9.47. The summed E-state index contributed by atoms with van der Waals surface area (Å²) in [5.74, 6) is 0. The van der Waals surface area contributed by atoms with E-state index >= 15 is 0 Å². The van der Waals surface area contributed by atoms with E-state index in [0.717, 1.165) is 6.54 Å². The van der Waals surface area contributed by atoms with E-state index in [1.807, 2.05) is 13.8 Å². The van der Waals surface area contributed by atoms with E-state index in [4.69, 9.17) is 0 Å². The lowest BCUT2D eigenvalue weighted by Gasteiger charge is -2.08. The lowest BCUT2D eigenvalue weighted by atomic mass is 10.2. The van der Waals surface area contributed by atoms with Crippen LogP contribution >= 0.6 is 0 Å². The van der Waals surface area contributed by atoms with Crippen LogP contribution in [0.4, 0.5) is 5.69 Å². The maximum Gasteiger partial charge on any atom is 0.0369 e. The third-order valence-corrected chi connectivity index (χ3v) is 2.24. The van der Waals surface area contributed by atoms with Crippen LogP contribution in [0.3, 0.4) is 0 Å². The second-order valence-electron chi connectivity index (χ2n) is 3.45. The highest BCUT2D eigenvalue weighted by atomic mass is 14.9. The molecule has 1 N–H and O–H groups in total. The Balaban J connectivity index is 0.000000921. The first-order valence-corrected chi connectivity index (χ1v) is 6.14. The summed E-state index contributed by atoms with van der Waals surface area (Å²) in [6.07, 6.45) is 3.87. The van der Waals surface area contributed by atoms with E-state index in [1.165, 1.54) is 30.5 Å². The normalized spacial score (nSPS) is 9.07. The highest BCUT2D eigenvalue weighted by molar-refractivity contribution is 5.49. The molecule has 15 heavy (non-hydrogen) atoms. The number of rotatable bonds is 5. The van der Waals surface area contributed by atoms with Gasteiger partial charge in [0, 0.05) is 12.2 Å². The Labute approximate surface area is 94.9 Å². The summed E-state index contributed by atoms with van der Waals surface area (Å²) >= 11 is 0. The standard InChI is InChI=1S/C12H19N.C2H6/c1-3-4-7-10-13-12-9-6-5-8-11(12)2;1-2/h5-6,8-9,13H,3-4,7,10H2,1-2H3;1-2H3. The van der Waals surface area contributed by atoms with Crippen LogP contribution in [0.25, 0.3) is 0 Å². The van der Waals surface area contributed by atoms with Gasteiger partial charge in [-0.3, -0.25) is 0 Å². The molecular formula is C14H25N. The van der Waals surface area contributed by atoms with Gasteiger partial charge < -0.3 is 5.32 Å². The number of unbranched alkanes of at least 4 members (excludes halogenated alkanes) is 2. The molecule has 1 aromatic carbocycles. The van der Waals surface area contributed by atoms with Gasteiger partial charge >= 0.3 is 0 Å². The number of hydrogen-bond donors (Lipinski definition) is 1. The Morgan fingerprint density at radius 2 is 1.73 bits per heavy atom. The van der Waals surface area contributed by atoms with Crippen LogP contribution < -0.4 is 5.32 Å². The van der Waals surface area contributed by atoms with Crippen LogP contribution in [-0.2, 0) is 0 Å². The van der Waals surface area contributed by atoms with Crippen molar-refractivity contribution in [3.8, 4) is 0 Å². The molecule has 0 spiro atoms. The van der Waals surface area contributed by atoms with Crippen molar-refractivity contribution in [2.24, 2.45) is 0 Å². The fourth-order valence-corrected chi connectivity index (χ4v) is 1.37. The van der Waals surface area contributed by atoms with Crippen molar-refractivity contribution in [1.29, 1.82) is 0 Å². The molecule has 0 unspecified atom stereocenters. The Morgan fingerprint density at radius 3 is 2.33 bits per heavy atom. The predicted octanol–water partition coefficient (Wildman–Crippen LogP) is 4.62. The van der Waals surface area contributed by atoms with Gasteiger partial charge in [-0.2, -0.15) is 0 Å². The molecular weight excluding hydrogens is 182 g/mol. The van der Waals surface area contributed by atoms with E-state index in [1.54, 1.807) is 0 Å². The van der Waals surface area contributed by atoms with Crippen molar-refractivity contribution >= 4 is 5.69 Å². The monoisotopic (exact) mass is 207 g/mol. The Kier molecular flexibility index (Phi) is 8.95. The summed E-state index contributed by atoms with van der Waals surface area (Å²) in [5, 5.41) is 3.45. The Bertz CT molecular complexity index is 243. The van der Waals surface area contributed by atoms with Crippen molar-refractivity contribution < 1.29 is 0 Å². The number of hydrogen-bond acceptors (Lipinski definition) is 1. The topological polar surface area (TPSA) is 12.0 Å². The fraction of sp³-hybridized carbons (Fsp3) is 0.571. The minimum absolute atomic E-state index is 1.10. The number of benzene rings is 1. The minimum Gasteiger partial charge on any atom is -0.385 e. The lowest BCUT2D eigenvalue weighted by Crippen LogP contribution is -2.02. The summed E-state index contributed by atoms with van der Waals surface area (Å²) in [6, 6.07) is 8.44. The molecule has 0 aliphatic carbocycles. The van der Waals surface area contributed by atoms with E-state index in [-0.39, 0.29) is 0 Å². The van der Waals surface area contributed by atoms with Crippen molar-refractivity contribution in [2.75, 3.05) is 11.9 Å². The number of nitrogens with one attached hydrogen (secondary N) is 1. The molecule has 86 valence electrons. The van der Waals surface area contributed by atoms with Gasteiger partial charge in [0.2, 0.25) is 0 Å². The molecule has 0 bridgehead atoms. The second-order valence-corrected chi connectivity index (χ2v) is 3.45. The van der Waals surface area contributed by atoms with Gasteiger partial charge in [-0.15, -0.1) is 0 Å². The molecule has 0 amide bonds. The van der Waals surface area contributed by atoms with Crippen molar-refractivity contribution in [3.05, 3.63) is 29.8 Å². The van der Waals surface area contributed by atoms with Gasteiger partial charge in [0.15, 0.2) is 0 Å². The molecule has 0 fully saturated rings. The third-order valence-electron chi connectivity index (χ3n) is 2.24. The van der Waals surface area contributed by atoms with E-state index in [2.05, 4.69) is 43.4 Å². The van der Waals surface area contributed by atoms with E-state index in [9.17, 15) is 0 Å². The smallest absolute Gasteiger partial charge is 0.0369 e. The Morgan fingerprint density at radius 1 is 1.07 bits per heavy atom. The van der Waals surface area contributed by atoms with Gasteiger partial charge in [0.1, 0.15) is 0 Å². The highest BCUT2D eigenvalue weighted by Gasteiger charge is 1.93. The number of aryl methyl sites for hydroxylation is 1. The molecule has 0 heterocycles. The highest BCUT2D eigenvalue weighted by Crippen LogP contribution is 2.12. The average molecular weight is 207 g/mol. The van der Waals surface area contributed by atoms with Gasteiger partial charge in [-0.25, -0.2) is 0 Å². The Hall–Kier alpha value is -0.980. The van der Waals surface area contributed by atoms with Crippen LogP contribution in [0.15, 0.2) is 24.3 Å². The number of anilines is 1. The summed E-state index contributed by atoms with van der Waals surface area (Å²) in [5.41, 5.74) is 2.61. The molecule has 1 nitrogen and oxygen atoms in total. The van der Waals surface area contributed by atoms with Gasteiger partial charge in [0.25, 0.3) is 0 Å². The van der Waals surface area contributed by atoms with Gasteiger partial charge in [0.05, 0.1) is 0 Å². The zero-order valence-corrected chi connectivity index (χ0v) is 10.6. The third kappa shape index (κ3) is 6.16. The van der Waals surface area contributed by atoms with Crippen molar-refractivity contribution in [2.45, 2.75) is 47.0 Å². The van der Waals surface area contributed by atoms with Crippen LogP contribution in [0.5, 0.6) is 0 Å². The minimum atomic E-state index is 1.10. The van der Waals surface area contributed by atoms with Crippen molar-refractivity contribution in [3.63, 3.8) is 0 Å². The van der Waals surface area contributed by atoms with Crippen LogP contribution in [-0.4, -0.2) is 6.54 Å². The maximum absolute atomic E-state index is 3.45. The molecule has 0 aliphatic heterocycles. The van der Waals surface area contributed by atoms with E-state index in [0.29, 0.717) is 0 Å². The molecule has 0 atom stereocenters. The molecule has 0 radical (unpaired) electrons. The molecule has 0 saturated heterocycles. The fourth-order valence-electron chi connectivity index (χ4n) is 1.37. The number of para-hydroxylation sites is 1. The summed E-state index contributed by atoms with van der Waals surface area (Å²) < 4.78 is 0. The van der Waals surface area contributed by atoms with Crippen molar-refractivity contribution in [1.82, 2.24) is 0 Å². The zero-order valence-electron chi connectivity index (χ0n) is 10.6. The zero-order chi connectivity index (χ0) is 11.5. The largest absolute Gasteiger partial charge is 0.385 e. The molecule has 1 heteroatoms. The SMILES string of the molecule is CC.CCCCCNc1ccccc1C.